The first-order chi connectivity index (χ1) is 13.3. The third-order valence-corrected chi connectivity index (χ3v) is 6.07. The quantitative estimate of drug-likeness (QED) is 0.485. The van der Waals surface area contributed by atoms with E-state index in [1.54, 1.807) is 39.0 Å². The molecule has 0 bridgehead atoms. The Labute approximate surface area is 165 Å². The summed E-state index contributed by atoms with van der Waals surface area (Å²) in [5.41, 5.74) is 1.56. The SMILES string of the molecule is CCOC(CNC(=O)C(=O)Nc1cc(N2CCCS2(=O)=O)ccc1C)OCC. The van der Waals surface area contributed by atoms with Gasteiger partial charge in [0.1, 0.15) is 0 Å². The molecule has 10 heteroatoms. The largest absolute Gasteiger partial charge is 0.351 e. The van der Waals surface area contributed by atoms with Crippen LogP contribution in [-0.4, -0.2) is 58.6 Å². The van der Waals surface area contributed by atoms with Crippen LogP contribution in [0, 0.1) is 6.92 Å². The first kappa shape index (κ1) is 22.1. The number of rotatable bonds is 8. The van der Waals surface area contributed by atoms with E-state index in [1.165, 1.54) is 4.31 Å². The van der Waals surface area contributed by atoms with Crippen molar-refractivity contribution >= 4 is 33.2 Å². The van der Waals surface area contributed by atoms with Crippen molar-refractivity contribution in [3.8, 4) is 0 Å². The summed E-state index contributed by atoms with van der Waals surface area (Å²) in [6.45, 7) is 6.63. The number of hydrogen-bond donors (Lipinski definition) is 2. The molecule has 1 aromatic rings. The maximum absolute atomic E-state index is 12.2. The maximum atomic E-state index is 12.2. The van der Waals surface area contributed by atoms with Crippen LogP contribution in [0.2, 0.25) is 0 Å². The van der Waals surface area contributed by atoms with Crippen molar-refractivity contribution < 1.29 is 27.5 Å². The van der Waals surface area contributed by atoms with E-state index in [9.17, 15) is 18.0 Å². The molecule has 2 N–H and O–H groups in total. The number of nitrogens with one attached hydrogen (secondary N) is 2. The molecular weight excluding hydrogens is 386 g/mol. The predicted molar refractivity (Wildman–Crippen MR) is 106 cm³/mol. The van der Waals surface area contributed by atoms with Crippen LogP contribution < -0.4 is 14.9 Å². The standard InChI is InChI=1S/C18H27N3O6S/c1-4-26-16(27-5-2)12-19-17(22)18(23)20-15-11-14(8-7-13(15)3)21-9-6-10-28(21,24)25/h7-8,11,16H,4-6,9-10,12H2,1-3H3,(H,19,22)(H,20,23). The minimum Gasteiger partial charge on any atom is -0.351 e. The summed E-state index contributed by atoms with van der Waals surface area (Å²) in [4.78, 5) is 24.3. The molecule has 1 fully saturated rings. The summed E-state index contributed by atoms with van der Waals surface area (Å²) in [6, 6.07) is 4.95. The van der Waals surface area contributed by atoms with Crippen molar-refractivity contribution in [1.29, 1.82) is 0 Å². The van der Waals surface area contributed by atoms with E-state index < -0.39 is 28.1 Å². The second kappa shape index (κ2) is 9.85. The zero-order valence-corrected chi connectivity index (χ0v) is 17.2. The third kappa shape index (κ3) is 5.66. The molecule has 1 saturated heterocycles. The topological polar surface area (TPSA) is 114 Å². The van der Waals surface area contributed by atoms with Gasteiger partial charge in [-0.25, -0.2) is 8.42 Å². The summed E-state index contributed by atoms with van der Waals surface area (Å²) >= 11 is 0. The Balaban J connectivity index is 2.03. The fourth-order valence-corrected chi connectivity index (χ4v) is 4.36. The molecule has 0 radical (unpaired) electrons. The lowest BCUT2D eigenvalue weighted by atomic mass is 10.1. The van der Waals surface area contributed by atoms with Gasteiger partial charge in [-0.15, -0.1) is 0 Å². The van der Waals surface area contributed by atoms with Gasteiger partial charge >= 0.3 is 11.8 Å². The van der Waals surface area contributed by atoms with E-state index in [2.05, 4.69) is 10.6 Å². The number of carbonyl (C=O) groups is 2. The van der Waals surface area contributed by atoms with Gasteiger partial charge in [0.15, 0.2) is 6.29 Å². The van der Waals surface area contributed by atoms with Crippen LogP contribution in [0.1, 0.15) is 25.8 Å². The van der Waals surface area contributed by atoms with Crippen LogP contribution in [0.4, 0.5) is 11.4 Å². The zero-order valence-electron chi connectivity index (χ0n) is 16.4. The van der Waals surface area contributed by atoms with E-state index >= 15 is 0 Å². The van der Waals surface area contributed by atoms with Crippen molar-refractivity contribution in [2.24, 2.45) is 0 Å². The van der Waals surface area contributed by atoms with Gasteiger partial charge in [0.05, 0.1) is 18.0 Å². The minimum atomic E-state index is -3.33. The number of nitrogens with zero attached hydrogens (tertiary/aromatic N) is 1. The summed E-state index contributed by atoms with van der Waals surface area (Å²) < 4.78 is 36.1. The van der Waals surface area contributed by atoms with E-state index in [0.29, 0.717) is 43.1 Å². The highest BCUT2D eigenvalue weighted by atomic mass is 32.2. The molecule has 1 aromatic carbocycles. The average molecular weight is 413 g/mol. The molecule has 2 rings (SSSR count). The molecule has 1 aliphatic heterocycles. The van der Waals surface area contributed by atoms with Gasteiger partial charge in [-0.2, -0.15) is 0 Å². The Kier molecular flexibility index (Phi) is 7.78. The Morgan fingerprint density at radius 2 is 1.86 bits per heavy atom. The van der Waals surface area contributed by atoms with Crippen LogP contribution in [-0.2, 0) is 29.1 Å². The second-order valence-corrected chi connectivity index (χ2v) is 8.26. The van der Waals surface area contributed by atoms with E-state index in [4.69, 9.17) is 9.47 Å². The van der Waals surface area contributed by atoms with E-state index in [1.807, 2.05) is 0 Å². The van der Waals surface area contributed by atoms with Crippen LogP contribution in [0.25, 0.3) is 0 Å². The highest BCUT2D eigenvalue weighted by Gasteiger charge is 2.29. The number of amides is 2. The molecule has 0 saturated carbocycles. The van der Waals surface area contributed by atoms with Crippen molar-refractivity contribution in [3.63, 3.8) is 0 Å². The molecule has 0 spiro atoms. The van der Waals surface area contributed by atoms with Crippen LogP contribution in [0.3, 0.4) is 0 Å². The Morgan fingerprint density at radius 3 is 2.43 bits per heavy atom. The normalized spacial score (nSPS) is 15.6. The number of aryl methyl sites for hydroxylation is 1. The molecule has 0 aromatic heterocycles. The maximum Gasteiger partial charge on any atom is 0.313 e. The van der Waals surface area contributed by atoms with Crippen molar-refractivity contribution in [2.45, 2.75) is 33.5 Å². The molecule has 0 unspecified atom stereocenters. The van der Waals surface area contributed by atoms with Gasteiger partial charge in [0, 0.05) is 25.4 Å². The monoisotopic (exact) mass is 413 g/mol. The Morgan fingerprint density at radius 1 is 1.18 bits per heavy atom. The lowest BCUT2D eigenvalue weighted by molar-refractivity contribution is -0.145. The first-order valence-electron chi connectivity index (χ1n) is 9.22. The Hall–Kier alpha value is -2.17. The number of hydrogen-bond acceptors (Lipinski definition) is 6. The van der Waals surface area contributed by atoms with Crippen LogP contribution >= 0.6 is 0 Å². The number of carbonyl (C=O) groups excluding carboxylic acids is 2. The van der Waals surface area contributed by atoms with Crippen molar-refractivity contribution in [2.75, 3.05) is 41.7 Å². The van der Waals surface area contributed by atoms with Crippen molar-refractivity contribution in [1.82, 2.24) is 5.32 Å². The van der Waals surface area contributed by atoms with Crippen LogP contribution in [0.5, 0.6) is 0 Å². The van der Waals surface area contributed by atoms with Gasteiger partial charge in [-0.3, -0.25) is 13.9 Å². The van der Waals surface area contributed by atoms with Gasteiger partial charge in [0.2, 0.25) is 10.0 Å². The molecule has 0 atom stereocenters. The fraction of sp³-hybridized carbons (Fsp3) is 0.556. The molecular formula is C18H27N3O6S. The first-order valence-corrected chi connectivity index (χ1v) is 10.8. The number of anilines is 2. The second-order valence-electron chi connectivity index (χ2n) is 6.25. The molecule has 1 heterocycles. The lowest BCUT2D eigenvalue weighted by Gasteiger charge is -2.19. The number of ether oxygens (including phenoxy) is 2. The summed E-state index contributed by atoms with van der Waals surface area (Å²) in [6.07, 6.45) is -0.0709. The summed E-state index contributed by atoms with van der Waals surface area (Å²) in [5.74, 6) is -1.58. The van der Waals surface area contributed by atoms with E-state index in [-0.39, 0.29) is 12.3 Å². The van der Waals surface area contributed by atoms with Gasteiger partial charge < -0.3 is 20.1 Å². The van der Waals surface area contributed by atoms with Crippen LogP contribution in [0.15, 0.2) is 18.2 Å². The van der Waals surface area contributed by atoms with E-state index in [0.717, 1.165) is 0 Å². The van der Waals surface area contributed by atoms with Gasteiger partial charge in [-0.1, -0.05) is 6.07 Å². The average Bonchev–Trinajstić information content (AvgIpc) is 3.00. The molecule has 156 valence electrons. The Bertz CT molecular complexity index is 806. The van der Waals surface area contributed by atoms with Gasteiger partial charge in [0.25, 0.3) is 0 Å². The summed E-state index contributed by atoms with van der Waals surface area (Å²) in [7, 11) is -3.33. The zero-order chi connectivity index (χ0) is 20.7. The predicted octanol–water partition coefficient (Wildman–Crippen LogP) is 0.989. The number of benzene rings is 1. The smallest absolute Gasteiger partial charge is 0.313 e. The van der Waals surface area contributed by atoms with Gasteiger partial charge in [-0.05, 0) is 44.9 Å². The lowest BCUT2D eigenvalue weighted by Crippen LogP contribution is -2.41. The highest BCUT2D eigenvalue weighted by molar-refractivity contribution is 7.93. The molecule has 28 heavy (non-hydrogen) atoms. The molecule has 9 nitrogen and oxygen atoms in total. The summed E-state index contributed by atoms with van der Waals surface area (Å²) in [5, 5.41) is 5.00. The van der Waals surface area contributed by atoms with Crippen molar-refractivity contribution in [3.05, 3.63) is 23.8 Å². The third-order valence-electron chi connectivity index (χ3n) is 4.20. The molecule has 2 amide bonds. The number of sulfonamides is 1. The molecule has 0 aliphatic carbocycles. The highest BCUT2D eigenvalue weighted by Crippen LogP contribution is 2.28. The molecule has 1 aliphatic rings. The minimum absolute atomic E-state index is 0.0407. The fourth-order valence-electron chi connectivity index (χ4n) is 2.80.